The molecule has 50 heavy (non-hydrogen) atoms. The number of sulfonamides is 1. The first-order chi connectivity index (χ1) is 24.0. The monoisotopic (exact) mass is 708 g/mol. The number of piperidine rings is 1. The molecular formula is C34H37FN6O8S. The average molecular weight is 709 g/mol. The lowest BCUT2D eigenvalue weighted by Gasteiger charge is -2.41. The first-order valence-corrected chi connectivity index (χ1v) is 17.6. The van der Waals surface area contributed by atoms with Crippen LogP contribution in [0.5, 0.6) is 11.6 Å². The summed E-state index contributed by atoms with van der Waals surface area (Å²) in [5, 5.41) is 11.2. The maximum absolute atomic E-state index is 15.3. The Morgan fingerprint density at radius 2 is 1.76 bits per heavy atom. The fourth-order valence-electron chi connectivity index (χ4n) is 6.65. The molecule has 1 unspecified atom stereocenters. The second kappa shape index (κ2) is 14.2. The summed E-state index contributed by atoms with van der Waals surface area (Å²) < 4.78 is 60.9. The highest BCUT2D eigenvalue weighted by Crippen LogP contribution is 2.52. The lowest BCUT2D eigenvalue weighted by molar-refractivity contribution is -0.168. The van der Waals surface area contributed by atoms with Crippen molar-refractivity contribution in [2.75, 3.05) is 64.3 Å². The Balaban J connectivity index is 1.40. The molecule has 0 aliphatic carbocycles. The van der Waals surface area contributed by atoms with Crippen LogP contribution in [0.2, 0.25) is 0 Å². The number of benzene rings is 2. The Labute approximate surface area is 289 Å². The summed E-state index contributed by atoms with van der Waals surface area (Å²) in [6.07, 6.45) is 2.13. The van der Waals surface area contributed by atoms with Gasteiger partial charge in [0.1, 0.15) is 17.6 Å². The zero-order chi connectivity index (χ0) is 35.6. The van der Waals surface area contributed by atoms with Crippen molar-refractivity contribution in [1.82, 2.24) is 19.8 Å². The quantitative estimate of drug-likeness (QED) is 0.299. The van der Waals surface area contributed by atoms with Gasteiger partial charge in [-0.1, -0.05) is 0 Å². The predicted octanol–water partition coefficient (Wildman–Crippen LogP) is 3.26. The van der Waals surface area contributed by atoms with Crippen molar-refractivity contribution in [1.29, 1.82) is 5.26 Å². The predicted molar refractivity (Wildman–Crippen MR) is 176 cm³/mol. The van der Waals surface area contributed by atoms with Crippen LogP contribution in [0.3, 0.4) is 0 Å². The number of hydroxylamine groups is 2. The van der Waals surface area contributed by atoms with Crippen LogP contribution < -0.4 is 13.8 Å². The molecule has 16 heteroatoms. The van der Waals surface area contributed by atoms with E-state index in [-0.39, 0.29) is 28.5 Å². The molecule has 2 fully saturated rings. The van der Waals surface area contributed by atoms with Crippen LogP contribution in [0.4, 0.5) is 14.9 Å². The second-order valence-corrected chi connectivity index (χ2v) is 13.9. The van der Waals surface area contributed by atoms with Gasteiger partial charge in [-0.2, -0.15) is 9.57 Å². The Bertz CT molecular complexity index is 1910. The van der Waals surface area contributed by atoms with Gasteiger partial charge >= 0.3 is 6.16 Å². The van der Waals surface area contributed by atoms with Crippen LogP contribution >= 0.6 is 0 Å². The molecular weight excluding hydrogens is 671 g/mol. The first-order valence-electron chi connectivity index (χ1n) is 16.2. The number of carbonyl (C=O) groups excluding carboxylic acids is 2. The number of aromatic nitrogens is 1. The van der Waals surface area contributed by atoms with E-state index in [1.54, 1.807) is 13.0 Å². The van der Waals surface area contributed by atoms with E-state index in [2.05, 4.69) is 21.8 Å². The molecule has 0 N–H and O–H groups in total. The molecule has 1 amide bonds. The summed E-state index contributed by atoms with van der Waals surface area (Å²) in [6.45, 7) is 5.73. The number of hydrogen-bond donors (Lipinski definition) is 0. The Kier molecular flexibility index (Phi) is 9.94. The molecule has 1 aromatic heterocycles. The number of methoxy groups -OCH3 is 1. The number of carbonyl (C=O) groups is 2. The summed E-state index contributed by atoms with van der Waals surface area (Å²) in [5.41, 5.74) is -4.06. The lowest BCUT2D eigenvalue weighted by atomic mass is 9.86. The van der Waals surface area contributed by atoms with Crippen molar-refractivity contribution in [3.8, 4) is 17.7 Å². The van der Waals surface area contributed by atoms with Crippen molar-refractivity contribution >= 4 is 27.8 Å². The van der Waals surface area contributed by atoms with Crippen LogP contribution in [0, 0.1) is 17.1 Å². The molecule has 6 rings (SSSR count). The van der Waals surface area contributed by atoms with E-state index in [0.29, 0.717) is 42.3 Å². The molecule has 264 valence electrons. The maximum atomic E-state index is 15.3. The van der Waals surface area contributed by atoms with Crippen LogP contribution in [-0.4, -0.2) is 106 Å². The van der Waals surface area contributed by atoms with E-state index >= 15 is 4.39 Å². The molecule has 3 aromatic rings. The van der Waals surface area contributed by atoms with Gasteiger partial charge in [-0.3, -0.25) is 9.69 Å². The number of rotatable bonds is 9. The number of ether oxygens (including phenoxy) is 3. The molecule has 3 aliphatic heterocycles. The van der Waals surface area contributed by atoms with Crippen LogP contribution in [-0.2, 0) is 30.0 Å². The van der Waals surface area contributed by atoms with E-state index < -0.39 is 44.8 Å². The second-order valence-electron chi connectivity index (χ2n) is 12.1. The van der Waals surface area contributed by atoms with Crippen molar-refractivity contribution in [2.24, 2.45) is 0 Å². The molecule has 2 saturated heterocycles. The summed E-state index contributed by atoms with van der Waals surface area (Å²) in [6, 6.07) is 11.9. The Morgan fingerprint density at radius 3 is 2.40 bits per heavy atom. The number of hydrogen-bond acceptors (Lipinski definition) is 13. The van der Waals surface area contributed by atoms with Gasteiger partial charge in [0.15, 0.2) is 0 Å². The number of nitriles is 1. The Hall–Kier alpha value is -4.82. The van der Waals surface area contributed by atoms with E-state index in [1.807, 2.05) is 0 Å². The standard InChI is InChI=1S/C34H37FN6O8S/c1-4-47-31-27(6-5-13-37-31)34(48-33(43)49-40-18-16-39(17-19-40)24-11-14-38(2)15-12-24)28-20-23(22-36)29(35)21-30(28)41(32(34)42)50(44,45)26-9-7-25(46-3)8-10-26/h5-10,13,20-21,24H,4,11-12,14-19H2,1-3H3. The van der Waals surface area contributed by atoms with E-state index in [9.17, 15) is 23.3 Å². The molecule has 0 saturated carbocycles. The number of halogens is 1. The minimum absolute atomic E-state index is 0.0773. The van der Waals surface area contributed by atoms with Gasteiger partial charge in [0.2, 0.25) is 5.88 Å². The normalized spacial score (nSPS) is 20.6. The van der Waals surface area contributed by atoms with Crippen LogP contribution in [0.15, 0.2) is 59.6 Å². The number of pyridine rings is 1. The zero-order valence-electron chi connectivity index (χ0n) is 27.9. The number of likely N-dealkylation sites (tertiary alicyclic amines) is 1. The van der Waals surface area contributed by atoms with Gasteiger partial charge in [-0.05, 0) is 82.4 Å². The van der Waals surface area contributed by atoms with Crippen molar-refractivity contribution < 1.29 is 41.4 Å². The highest BCUT2D eigenvalue weighted by molar-refractivity contribution is 7.93. The molecule has 1 atom stereocenters. The topological polar surface area (TPSA) is 155 Å². The highest BCUT2D eigenvalue weighted by atomic mass is 32.2. The summed E-state index contributed by atoms with van der Waals surface area (Å²) in [7, 11) is -1.28. The highest BCUT2D eigenvalue weighted by Gasteiger charge is 2.61. The van der Waals surface area contributed by atoms with Crippen LogP contribution in [0.1, 0.15) is 36.5 Å². The summed E-state index contributed by atoms with van der Waals surface area (Å²) in [5.74, 6) is -2.19. The van der Waals surface area contributed by atoms with Crippen molar-refractivity contribution in [3.63, 3.8) is 0 Å². The van der Waals surface area contributed by atoms with Crippen molar-refractivity contribution in [3.05, 3.63) is 77.2 Å². The molecule has 4 heterocycles. The maximum Gasteiger partial charge on any atom is 0.529 e. The average Bonchev–Trinajstić information content (AvgIpc) is 3.35. The molecule has 0 radical (unpaired) electrons. The molecule has 0 bridgehead atoms. The van der Waals surface area contributed by atoms with E-state index in [4.69, 9.17) is 19.0 Å². The third-order valence-electron chi connectivity index (χ3n) is 9.24. The summed E-state index contributed by atoms with van der Waals surface area (Å²) >= 11 is 0. The minimum atomic E-state index is -4.78. The van der Waals surface area contributed by atoms with Crippen LogP contribution in [0.25, 0.3) is 0 Å². The van der Waals surface area contributed by atoms with Gasteiger partial charge < -0.3 is 23.9 Å². The van der Waals surface area contributed by atoms with Crippen molar-refractivity contribution in [2.45, 2.75) is 36.3 Å². The fourth-order valence-corrected chi connectivity index (χ4v) is 8.10. The Morgan fingerprint density at radius 1 is 1.06 bits per heavy atom. The minimum Gasteiger partial charge on any atom is -0.497 e. The first kappa shape index (κ1) is 35.0. The smallest absolute Gasteiger partial charge is 0.497 e. The van der Waals surface area contributed by atoms with Gasteiger partial charge in [0.25, 0.3) is 21.5 Å². The number of amides is 1. The van der Waals surface area contributed by atoms with Gasteiger partial charge in [-0.15, -0.1) is 5.06 Å². The number of fused-ring (bicyclic) bond motifs is 1. The number of piperazine rings is 1. The lowest BCUT2D eigenvalue weighted by Crippen LogP contribution is -2.53. The zero-order valence-corrected chi connectivity index (χ0v) is 28.7. The summed E-state index contributed by atoms with van der Waals surface area (Å²) in [4.78, 5) is 42.8. The van der Waals surface area contributed by atoms with E-state index in [0.717, 1.165) is 38.1 Å². The SMILES string of the molecule is CCOc1ncccc1C1(OC(=O)ON2CCN(C3CCN(C)CC3)CC2)C(=O)N(S(=O)(=O)c2ccc(OC)cc2)c2cc(F)c(C#N)cc21. The molecule has 3 aliphatic rings. The number of nitrogens with zero attached hydrogens (tertiary/aromatic N) is 6. The van der Waals surface area contributed by atoms with Gasteiger partial charge in [-0.25, -0.2) is 22.6 Å². The number of anilines is 1. The fraction of sp³-hybridized carbons (Fsp3) is 0.412. The molecule has 14 nitrogen and oxygen atoms in total. The third-order valence-corrected chi connectivity index (χ3v) is 10.9. The van der Waals surface area contributed by atoms with E-state index in [1.165, 1.54) is 54.8 Å². The largest absolute Gasteiger partial charge is 0.529 e. The van der Waals surface area contributed by atoms with Gasteiger partial charge in [0, 0.05) is 50.0 Å². The molecule has 2 aromatic carbocycles. The third kappa shape index (κ3) is 6.33. The molecule has 0 spiro atoms. The van der Waals surface area contributed by atoms with Gasteiger partial charge in [0.05, 0.1) is 35.4 Å².